The maximum absolute atomic E-state index is 13.1. The number of anilines is 1. The predicted molar refractivity (Wildman–Crippen MR) is 81.3 cm³/mol. The van der Waals surface area contributed by atoms with Crippen LogP contribution >= 0.6 is 11.6 Å². The monoisotopic (exact) mass is 325 g/mol. The second-order valence-corrected chi connectivity index (χ2v) is 5.22. The van der Waals surface area contributed by atoms with Gasteiger partial charge in [-0.3, -0.25) is 4.79 Å². The molecule has 1 amide bonds. The van der Waals surface area contributed by atoms with Gasteiger partial charge in [0, 0.05) is 16.8 Å². The molecule has 0 bridgehead atoms. The van der Waals surface area contributed by atoms with E-state index in [4.69, 9.17) is 16.3 Å². The van der Waals surface area contributed by atoms with Gasteiger partial charge in [0.05, 0.1) is 0 Å². The van der Waals surface area contributed by atoms with Crippen molar-refractivity contribution in [1.29, 1.82) is 0 Å². The summed E-state index contributed by atoms with van der Waals surface area (Å²) in [5.74, 6) is -1.95. The Balaban J connectivity index is 2.04. The highest BCUT2D eigenvalue weighted by molar-refractivity contribution is 6.30. The average molecular weight is 326 g/mol. The minimum Gasteiger partial charge on any atom is -0.481 e. The van der Waals surface area contributed by atoms with E-state index in [0.29, 0.717) is 10.8 Å². The summed E-state index contributed by atoms with van der Waals surface area (Å²) in [4.78, 5) is 12.0. The van der Waals surface area contributed by atoms with Crippen molar-refractivity contribution in [2.24, 2.45) is 0 Å². The molecule has 3 nitrogen and oxygen atoms in total. The van der Waals surface area contributed by atoms with Crippen LogP contribution < -0.4 is 10.1 Å². The van der Waals surface area contributed by atoms with E-state index in [9.17, 15) is 13.6 Å². The molecular formula is C16H14ClF2NO2. The Kier molecular flexibility index (Phi) is 4.98. The molecule has 2 rings (SSSR count). The fourth-order valence-electron chi connectivity index (χ4n) is 1.81. The maximum atomic E-state index is 13.1. The molecule has 0 aliphatic carbocycles. The van der Waals surface area contributed by atoms with Gasteiger partial charge in [-0.1, -0.05) is 11.6 Å². The number of hydrogen-bond donors (Lipinski definition) is 1. The summed E-state index contributed by atoms with van der Waals surface area (Å²) >= 11 is 5.85. The Morgan fingerprint density at radius 1 is 1.18 bits per heavy atom. The fourth-order valence-corrected chi connectivity index (χ4v) is 2.03. The molecule has 0 aliphatic rings. The van der Waals surface area contributed by atoms with Crippen molar-refractivity contribution in [2.75, 3.05) is 5.32 Å². The number of rotatable bonds is 4. The van der Waals surface area contributed by atoms with Gasteiger partial charge in [0.15, 0.2) is 17.7 Å². The first-order chi connectivity index (χ1) is 10.4. The third-order valence-electron chi connectivity index (χ3n) is 3.00. The normalized spacial score (nSPS) is 11.9. The molecule has 2 aromatic carbocycles. The summed E-state index contributed by atoms with van der Waals surface area (Å²) in [7, 11) is 0. The second kappa shape index (κ2) is 6.75. The van der Waals surface area contributed by atoms with Gasteiger partial charge in [-0.15, -0.1) is 0 Å². The van der Waals surface area contributed by atoms with E-state index in [0.717, 1.165) is 17.7 Å². The van der Waals surface area contributed by atoms with Gasteiger partial charge in [0.2, 0.25) is 0 Å². The van der Waals surface area contributed by atoms with Crippen LogP contribution in [0.25, 0.3) is 0 Å². The van der Waals surface area contributed by atoms with Crippen LogP contribution in [0.3, 0.4) is 0 Å². The molecule has 0 aliphatic heterocycles. The van der Waals surface area contributed by atoms with Crippen molar-refractivity contribution >= 4 is 23.2 Å². The molecule has 0 saturated carbocycles. The zero-order valence-electron chi connectivity index (χ0n) is 12.0. The van der Waals surface area contributed by atoms with E-state index in [2.05, 4.69) is 5.32 Å². The van der Waals surface area contributed by atoms with E-state index >= 15 is 0 Å². The molecule has 0 saturated heterocycles. The Labute approximate surface area is 131 Å². The number of ether oxygens (including phenoxy) is 1. The van der Waals surface area contributed by atoms with E-state index in [1.807, 2.05) is 0 Å². The molecule has 2 aromatic rings. The molecule has 0 heterocycles. The van der Waals surface area contributed by atoms with Gasteiger partial charge in [0.1, 0.15) is 5.75 Å². The Morgan fingerprint density at radius 3 is 2.55 bits per heavy atom. The quantitative estimate of drug-likeness (QED) is 0.908. The Hall–Kier alpha value is -2.14. The topological polar surface area (TPSA) is 38.3 Å². The first kappa shape index (κ1) is 16.2. The summed E-state index contributed by atoms with van der Waals surface area (Å²) in [5.41, 5.74) is 0.951. The molecular weight excluding hydrogens is 312 g/mol. The zero-order chi connectivity index (χ0) is 16.3. The molecule has 0 radical (unpaired) electrons. The van der Waals surface area contributed by atoms with Crippen LogP contribution in [0.1, 0.15) is 12.5 Å². The van der Waals surface area contributed by atoms with Crippen molar-refractivity contribution in [3.05, 3.63) is 58.6 Å². The highest BCUT2D eigenvalue weighted by atomic mass is 35.5. The lowest BCUT2D eigenvalue weighted by Crippen LogP contribution is -2.30. The highest BCUT2D eigenvalue weighted by Gasteiger charge is 2.16. The average Bonchev–Trinajstić information content (AvgIpc) is 2.45. The Bertz CT molecular complexity index is 707. The van der Waals surface area contributed by atoms with Gasteiger partial charge >= 0.3 is 0 Å². The lowest BCUT2D eigenvalue weighted by atomic mass is 10.2. The maximum Gasteiger partial charge on any atom is 0.265 e. The van der Waals surface area contributed by atoms with Gasteiger partial charge in [-0.25, -0.2) is 8.78 Å². The number of amides is 1. The second-order valence-electron chi connectivity index (χ2n) is 4.79. The van der Waals surface area contributed by atoms with Gasteiger partial charge in [0.25, 0.3) is 5.91 Å². The molecule has 0 aromatic heterocycles. The van der Waals surface area contributed by atoms with Crippen LogP contribution in [0, 0.1) is 18.6 Å². The lowest BCUT2D eigenvalue weighted by molar-refractivity contribution is -0.122. The Morgan fingerprint density at radius 2 is 1.91 bits per heavy atom. The summed E-state index contributed by atoms with van der Waals surface area (Å²) in [5, 5.41) is 3.04. The van der Waals surface area contributed by atoms with Crippen molar-refractivity contribution < 1.29 is 18.3 Å². The predicted octanol–water partition coefficient (Wildman–Crippen LogP) is 4.33. The first-order valence-corrected chi connectivity index (χ1v) is 6.93. The van der Waals surface area contributed by atoms with Crippen LogP contribution in [0.15, 0.2) is 36.4 Å². The number of aryl methyl sites for hydroxylation is 1. The molecule has 22 heavy (non-hydrogen) atoms. The van der Waals surface area contributed by atoms with Crippen LogP contribution in [0.2, 0.25) is 5.02 Å². The van der Waals surface area contributed by atoms with Gasteiger partial charge in [-0.2, -0.15) is 0 Å². The molecule has 1 N–H and O–H groups in total. The van der Waals surface area contributed by atoms with Crippen molar-refractivity contribution in [2.45, 2.75) is 20.0 Å². The van der Waals surface area contributed by atoms with E-state index in [1.54, 1.807) is 32.0 Å². The third kappa shape index (κ3) is 3.95. The lowest BCUT2D eigenvalue weighted by Gasteiger charge is -2.16. The van der Waals surface area contributed by atoms with Crippen molar-refractivity contribution in [3.8, 4) is 5.75 Å². The third-order valence-corrected chi connectivity index (χ3v) is 3.23. The number of carbonyl (C=O) groups excluding carboxylic acids is 1. The largest absolute Gasteiger partial charge is 0.481 e. The molecule has 116 valence electrons. The smallest absolute Gasteiger partial charge is 0.265 e. The number of hydrogen-bond acceptors (Lipinski definition) is 2. The zero-order valence-corrected chi connectivity index (χ0v) is 12.7. The number of benzene rings is 2. The highest BCUT2D eigenvalue weighted by Crippen LogP contribution is 2.23. The van der Waals surface area contributed by atoms with Gasteiger partial charge < -0.3 is 10.1 Å². The first-order valence-electron chi connectivity index (χ1n) is 6.55. The van der Waals surface area contributed by atoms with Crippen LogP contribution in [-0.4, -0.2) is 12.0 Å². The standard InChI is InChI=1S/C16H14ClF2NO2/c1-9-7-11(17)3-6-15(9)22-10(2)16(21)20-12-4-5-13(18)14(19)8-12/h3-8,10H,1-2H3,(H,20,21)/t10-/m1/s1. The van der Waals surface area contributed by atoms with E-state index < -0.39 is 23.6 Å². The summed E-state index contributed by atoms with van der Waals surface area (Å²) < 4.78 is 31.5. The molecule has 1 atom stereocenters. The summed E-state index contributed by atoms with van der Waals surface area (Å²) in [6.45, 7) is 3.37. The van der Waals surface area contributed by atoms with Crippen molar-refractivity contribution in [1.82, 2.24) is 0 Å². The molecule has 0 spiro atoms. The van der Waals surface area contributed by atoms with Crippen molar-refractivity contribution in [3.63, 3.8) is 0 Å². The van der Waals surface area contributed by atoms with Crippen LogP contribution in [0.4, 0.5) is 14.5 Å². The van der Waals surface area contributed by atoms with E-state index in [-0.39, 0.29) is 5.69 Å². The van der Waals surface area contributed by atoms with E-state index in [1.165, 1.54) is 6.07 Å². The number of carbonyl (C=O) groups is 1. The van der Waals surface area contributed by atoms with Gasteiger partial charge in [-0.05, 0) is 49.7 Å². The SMILES string of the molecule is Cc1cc(Cl)ccc1O[C@H](C)C(=O)Nc1ccc(F)c(F)c1. The fraction of sp³-hybridized carbons (Fsp3) is 0.188. The molecule has 6 heteroatoms. The molecule has 0 unspecified atom stereocenters. The van der Waals surface area contributed by atoms with Crippen LogP contribution in [-0.2, 0) is 4.79 Å². The van der Waals surface area contributed by atoms with Crippen LogP contribution in [0.5, 0.6) is 5.75 Å². The summed E-state index contributed by atoms with van der Waals surface area (Å²) in [6.07, 6.45) is -0.812. The number of halogens is 3. The molecule has 0 fully saturated rings. The number of nitrogens with one attached hydrogen (secondary N) is 1. The minimum atomic E-state index is -1.03. The summed E-state index contributed by atoms with van der Waals surface area (Å²) in [6, 6.07) is 8.17. The minimum absolute atomic E-state index is 0.159.